The van der Waals surface area contributed by atoms with Gasteiger partial charge in [-0.2, -0.15) is 0 Å². The molecule has 0 radical (unpaired) electrons. The summed E-state index contributed by atoms with van der Waals surface area (Å²) in [6.07, 6.45) is 6.59. The van der Waals surface area contributed by atoms with Crippen molar-refractivity contribution in [1.82, 2.24) is 25.4 Å². The first-order valence-corrected chi connectivity index (χ1v) is 11.6. The van der Waals surface area contributed by atoms with Crippen LogP contribution >= 0.6 is 24.0 Å². The summed E-state index contributed by atoms with van der Waals surface area (Å²) in [5.74, 6) is 3.06. The molecule has 0 spiro atoms. The summed E-state index contributed by atoms with van der Waals surface area (Å²) in [5.41, 5.74) is 2.03. The molecule has 1 aliphatic carbocycles. The van der Waals surface area contributed by atoms with Crippen molar-refractivity contribution >= 4 is 29.9 Å². The van der Waals surface area contributed by atoms with Gasteiger partial charge in [0.25, 0.3) is 0 Å². The van der Waals surface area contributed by atoms with Gasteiger partial charge in [0.05, 0.1) is 26.3 Å². The number of methoxy groups -OCH3 is 1. The van der Waals surface area contributed by atoms with Crippen LogP contribution in [0.1, 0.15) is 44.0 Å². The fourth-order valence-corrected chi connectivity index (χ4v) is 4.01. The van der Waals surface area contributed by atoms with Crippen LogP contribution in [0.4, 0.5) is 0 Å². The highest BCUT2D eigenvalue weighted by Crippen LogP contribution is 2.35. The average Bonchev–Trinajstić information content (AvgIpc) is 3.54. The lowest BCUT2D eigenvalue weighted by Crippen LogP contribution is -2.37. The molecule has 0 unspecified atom stereocenters. The van der Waals surface area contributed by atoms with Crippen LogP contribution in [-0.2, 0) is 13.1 Å². The molecule has 0 atom stereocenters. The first-order chi connectivity index (χ1) is 16.3. The van der Waals surface area contributed by atoms with Crippen LogP contribution in [0.15, 0.2) is 59.9 Å². The number of ether oxygens (including phenoxy) is 2. The Kier molecular flexibility index (Phi) is 9.99. The van der Waals surface area contributed by atoms with Crippen LogP contribution < -0.4 is 20.1 Å². The van der Waals surface area contributed by atoms with Crippen LogP contribution in [0.5, 0.6) is 11.5 Å². The van der Waals surface area contributed by atoms with Gasteiger partial charge in [-0.05, 0) is 50.8 Å². The van der Waals surface area contributed by atoms with E-state index in [1.54, 1.807) is 13.4 Å². The Bertz CT molecular complexity index is 1050. The van der Waals surface area contributed by atoms with Gasteiger partial charge < -0.3 is 20.1 Å². The molecule has 34 heavy (non-hydrogen) atoms. The van der Waals surface area contributed by atoms with Gasteiger partial charge in [0.2, 0.25) is 0 Å². The lowest BCUT2D eigenvalue weighted by Gasteiger charge is -2.19. The largest absolute Gasteiger partial charge is 0.493 e. The van der Waals surface area contributed by atoms with Gasteiger partial charge in [-0.15, -0.1) is 34.2 Å². The molecule has 1 heterocycles. The minimum Gasteiger partial charge on any atom is -0.493 e. The summed E-state index contributed by atoms with van der Waals surface area (Å²) in [6.45, 7) is 3.76. The molecule has 1 saturated carbocycles. The Hall–Kier alpha value is -2.82. The summed E-state index contributed by atoms with van der Waals surface area (Å²) in [6, 6.07) is 16.0. The zero-order chi connectivity index (χ0) is 22.9. The highest BCUT2D eigenvalue weighted by atomic mass is 127. The smallest absolute Gasteiger partial charge is 0.191 e. The van der Waals surface area contributed by atoms with Crippen molar-refractivity contribution in [1.29, 1.82) is 0 Å². The number of hydrogen-bond donors (Lipinski definition) is 2. The molecule has 1 aromatic heterocycles. The molecule has 0 saturated heterocycles. The molecule has 9 heteroatoms. The number of aliphatic imine (C=N–C) groups is 1. The molecule has 8 nitrogen and oxygen atoms in total. The summed E-state index contributed by atoms with van der Waals surface area (Å²) >= 11 is 0. The molecule has 2 N–H and O–H groups in total. The summed E-state index contributed by atoms with van der Waals surface area (Å²) in [7, 11) is 1.68. The van der Waals surface area contributed by atoms with Gasteiger partial charge in [-0.3, -0.25) is 4.57 Å². The number of para-hydroxylation sites is 2. The van der Waals surface area contributed by atoms with E-state index in [-0.39, 0.29) is 30.1 Å². The van der Waals surface area contributed by atoms with Crippen molar-refractivity contribution in [3.05, 3.63) is 66.2 Å². The highest BCUT2D eigenvalue weighted by Gasteiger charge is 2.20. The third kappa shape index (κ3) is 6.62. The van der Waals surface area contributed by atoms with Gasteiger partial charge in [0, 0.05) is 17.8 Å². The fourth-order valence-electron chi connectivity index (χ4n) is 4.01. The number of guanidine groups is 1. The van der Waals surface area contributed by atoms with E-state index in [4.69, 9.17) is 14.5 Å². The minimum atomic E-state index is 0. The van der Waals surface area contributed by atoms with E-state index in [1.807, 2.05) is 60.0 Å². The molecule has 182 valence electrons. The third-order valence-corrected chi connectivity index (χ3v) is 5.69. The topological polar surface area (TPSA) is 85.6 Å². The predicted molar refractivity (Wildman–Crippen MR) is 144 cm³/mol. The van der Waals surface area contributed by atoms with E-state index >= 15 is 0 Å². The van der Waals surface area contributed by atoms with Crippen molar-refractivity contribution in [3.8, 4) is 17.2 Å². The molecule has 0 amide bonds. The maximum Gasteiger partial charge on any atom is 0.191 e. The Labute approximate surface area is 218 Å². The second kappa shape index (κ2) is 13.2. The number of nitrogens with one attached hydrogen (secondary N) is 2. The molecule has 0 aliphatic heterocycles. The molecular weight excluding hydrogens is 543 g/mol. The second-order valence-electron chi connectivity index (χ2n) is 7.97. The molecule has 2 aromatic carbocycles. The fraction of sp³-hybridized carbons (Fsp3) is 0.400. The SMILES string of the molecule is CCNC(=NCc1cccc(OC)c1OC1CCCC1)NCc1nncn1-c1ccccc1.I. The Morgan fingerprint density at radius 3 is 2.62 bits per heavy atom. The summed E-state index contributed by atoms with van der Waals surface area (Å²) < 4.78 is 13.9. The standard InChI is InChI=1S/C25H32N6O2.HI/c1-3-26-25(28-17-23-30-29-18-31(23)20-11-5-4-6-12-20)27-16-19-10-9-15-22(32-2)24(19)33-21-13-7-8-14-21;/h4-6,9-12,15,18,21H,3,7-8,13-14,16-17H2,1-2H3,(H2,26,27,28);1H. The Morgan fingerprint density at radius 1 is 1.09 bits per heavy atom. The number of benzene rings is 2. The third-order valence-electron chi connectivity index (χ3n) is 5.69. The van der Waals surface area contributed by atoms with Gasteiger partial charge >= 0.3 is 0 Å². The van der Waals surface area contributed by atoms with Gasteiger partial charge in [0.1, 0.15) is 6.33 Å². The zero-order valence-corrected chi connectivity index (χ0v) is 22.1. The van der Waals surface area contributed by atoms with E-state index in [0.29, 0.717) is 19.0 Å². The van der Waals surface area contributed by atoms with Gasteiger partial charge in [-0.1, -0.05) is 30.3 Å². The number of rotatable bonds is 9. The number of hydrogen-bond acceptors (Lipinski definition) is 5. The zero-order valence-electron chi connectivity index (χ0n) is 19.7. The van der Waals surface area contributed by atoms with Crippen molar-refractivity contribution in [2.75, 3.05) is 13.7 Å². The van der Waals surface area contributed by atoms with Crippen LogP contribution in [0.3, 0.4) is 0 Å². The minimum absolute atomic E-state index is 0. The Morgan fingerprint density at radius 2 is 1.88 bits per heavy atom. The predicted octanol–water partition coefficient (Wildman–Crippen LogP) is 4.47. The quantitative estimate of drug-likeness (QED) is 0.222. The first kappa shape index (κ1) is 25.8. The number of nitrogens with zero attached hydrogens (tertiary/aromatic N) is 4. The van der Waals surface area contributed by atoms with Crippen molar-refractivity contribution < 1.29 is 9.47 Å². The lowest BCUT2D eigenvalue weighted by molar-refractivity contribution is 0.198. The summed E-state index contributed by atoms with van der Waals surface area (Å²) in [4.78, 5) is 4.80. The second-order valence-corrected chi connectivity index (χ2v) is 7.97. The number of aromatic nitrogens is 3. The van der Waals surface area contributed by atoms with E-state index in [9.17, 15) is 0 Å². The first-order valence-electron chi connectivity index (χ1n) is 11.6. The number of halogens is 1. The molecule has 1 fully saturated rings. The van der Waals surface area contributed by atoms with E-state index in [2.05, 4.69) is 20.8 Å². The van der Waals surface area contributed by atoms with Crippen LogP contribution in [-0.4, -0.2) is 40.5 Å². The maximum absolute atomic E-state index is 6.35. The van der Waals surface area contributed by atoms with Crippen LogP contribution in [0.25, 0.3) is 5.69 Å². The van der Waals surface area contributed by atoms with Crippen molar-refractivity contribution in [2.24, 2.45) is 4.99 Å². The van der Waals surface area contributed by atoms with Gasteiger partial charge in [-0.25, -0.2) is 4.99 Å². The molecule has 4 rings (SSSR count). The van der Waals surface area contributed by atoms with Crippen molar-refractivity contribution in [3.63, 3.8) is 0 Å². The monoisotopic (exact) mass is 576 g/mol. The van der Waals surface area contributed by atoms with Crippen LogP contribution in [0, 0.1) is 0 Å². The molecule has 3 aromatic rings. The summed E-state index contributed by atoms with van der Waals surface area (Å²) in [5, 5.41) is 15.0. The lowest BCUT2D eigenvalue weighted by atomic mass is 10.1. The normalized spacial score (nSPS) is 13.9. The van der Waals surface area contributed by atoms with E-state index < -0.39 is 0 Å². The van der Waals surface area contributed by atoms with Crippen LogP contribution in [0.2, 0.25) is 0 Å². The van der Waals surface area contributed by atoms with E-state index in [1.165, 1.54) is 12.8 Å². The molecule has 1 aliphatic rings. The highest BCUT2D eigenvalue weighted by molar-refractivity contribution is 14.0. The molecule has 0 bridgehead atoms. The average molecular weight is 576 g/mol. The maximum atomic E-state index is 6.35. The molecular formula is C25H33IN6O2. The Balaban J connectivity index is 0.00000324. The van der Waals surface area contributed by atoms with Gasteiger partial charge in [0.15, 0.2) is 23.3 Å². The van der Waals surface area contributed by atoms with Crippen molar-refractivity contribution in [2.45, 2.75) is 51.8 Å². The van der Waals surface area contributed by atoms with E-state index in [0.717, 1.165) is 48.0 Å².